The van der Waals surface area contributed by atoms with Crippen molar-refractivity contribution in [1.29, 1.82) is 0 Å². The van der Waals surface area contributed by atoms with Crippen LogP contribution in [0.5, 0.6) is 0 Å². The van der Waals surface area contributed by atoms with E-state index in [4.69, 9.17) is 4.74 Å². The molecular weight excluding hydrogens is 188 g/mol. The van der Waals surface area contributed by atoms with Crippen molar-refractivity contribution >= 4 is 12.0 Å². The lowest BCUT2D eigenvalue weighted by molar-refractivity contribution is -0.135. The van der Waals surface area contributed by atoms with E-state index in [1.54, 1.807) is 13.0 Å². The molecular formula is C13H12O2. The molecule has 0 unspecified atom stereocenters. The van der Waals surface area contributed by atoms with E-state index in [0.29, 0.717) is 0 Å². The van der Waals surface area contributed by atoms with Crippen molar-refractivity contribution < 1.29 is 9.53 Å². The van der Waals surface area contributed by atoms with Crippen LogP contribution in [0.2, 0.25) is 0 Å². The molecule has 1 aromatic rings. The fourth-order valence-electron chi connectivity index (χ4n) is 1.01. The molecule has 1 aromatic carbocycles. The smallest absolute Gasteiger partial charge is 0.384 e. The molecule has 2 heteroatoms. The van der Waals surface area contributed by atoms with E-state index in [-0.39, 0.29) is 6.61 Å². The molecule has 0 amide bonds. The van der Waals surface area contributed by atoms with E-state index in [9.17, 15) is 4.79 Å². The first-order valence-electron chi connectivity index (χ1n) is 4.64. The Morgan fingerprint density at radius 3 is 2.80 bits per heavy atom. The normalized spacial score (nSPS) is 9.40. The Bertz CT molecular complexity index is 394. The highest BCUT2D eigenvalue weighted by atomic mass is 16.5. The van der Waals surface area contributed by atoms with E-state index in [2.05, 4.69) is 11.8 Å². The Kier molecular flexibility index (Phi) is 4.75. The summed E-state index contributed by atoms with van der Waals surface area (Å²) in [6.45, 7) is 1.85. The van der Waals surface area contributed by atoms with Gasteiger partial charge in [0.05, 0.1) is 0 Å². The Morgan fingerprint density at radius 1 is 1.40 bits per heavy atom. The van der Waals surface area contributed by atoms with Crippen LogP contribution >= 0.6 is 0 Å². The van der Waals surface area contributed by atoms with Gasteiger partial charge in [-0.1, -0.05) is 42.3 Å². The third-order valence-corrected chi connectivity index (χ3v) is 1.65. The van der Waals surface area contributed by atoms with E-state index in [1.807, 2.05) is 36.4 Å². The molecule has 0 bridgehead atoms. The highest BCUT2D eigenvalue weighted by Crippen LogP contribution is 2.00. The predicted octanol–water partition coefficient (Wildman–Crippen LogP) is 2.27. The van der Waals surface area contributed by atoms with Gasteiger partial charge in [-0.05, 0) is 18.6 Å². The second kappa shape index (κ2) is 6.44. The van der Waals surface area contributed by atoms with Gasteiger partial charge >= 0.3 is 5.97 Å². The highest BCUT2D eigenvalue weighted by molar-refractivity contribution is 5.88. The maximum atomic E-state index is 10.8. The first-order chi connectivity index (χ1) is 7.33. The van der Waals surface area contributed by atoms with Crippen LogP contribution in [0.25, 0.3) is 6.08 Å². The minimum Gasteiger partial charge on any atom is -0.452 e. The Labute approximate surface area is 89.6 Å². The van der Waals surface area contributed by atoms with Crippen molar-refractivity contribution in [1.82, 2.24) is 0 Å². The minimum absolute atomic E-state index is 0.252. The summed E-state index contributed by atoms with van der Waals surface area (Å²) < 4.78 is 4.80. The van der Waals surface area contributed by atoms with Crippen LogP contribution < -0.4 is 0 Å². The van der Waals surface area contributed by atoms with Crippen LogP contribution in [0.15, 0.2) is 36.4 Å². The van der Waals surface area contributed by atoms with Crippen molar-refractivity contribution in [2.75, 3.05) is 6.61 Å². The number of carbonyl (C=O) groups excluding carboxylic acids is 1. The van der Waals surface area contributed by atoms with Gasteiger partial charge in [-0.15, -0.1) is 0 Å². The summed E-state index contributed by atoms with van der Waals surface area (Å²) in [6.07, 6.45) is 3.68. The Morgan fingerprint density at radius 2 is 2.13 bits per heavy atom. The quantitative estimate of drug-likeness (QED) is 0.425. The summed E-state index contributed by atoms with van der Waals surface area (Å²) in [4.78, 5) is 10.8. The lowest BCUT2D eigenvalue weighted by atomic mass is 10.2. The van der Waals surface area contributed by atoms with Gasteiger partial charge < -0.3 is 4.74 Å². The van der Waals surface area contributed by atoms with Crippen LogP contribution in [0.3, 0.4) is 0 Å². The zero-order valence-corrected chi connectivity index (χ0v) is 8.57. The number of carbonyl (C=O) groups is 1. The number of benzene rings is 1. The first kappa shape index (κ1) is 11.1. The maximum Gasteiger partial charge on any atom is 0.384 e. The number of esters is 1. The molecule has 1 rings (SSSR count). The molecule has 15 heavy (non-hydrogen) atoms. The van der Waals surface area contributed by atoms with Gasteiger partial charge in [0.1, 0.15) is 6.61 Å². The molecule has 76 valence electrons. The fraction of sp³-hybridized carbons (Fsp3) is 0.154. The Balaban J connectivity index is 2.34. The van der Waals surface area contributed by atoms with Crippen molar-refractivity contribution in [3.05, 3.63) is 42.0 Å². The topological polar surface area (TPSA) is 26.3 Å². The van der Waals surface area contributed by atoms with Crippen LogP contribution in [0, 0.1) is 11.8 Å². The molecule has 0 saturated carbocycles. The monoisotopic (exact) mass is 200 g/mol. The number of hydrogen-bond acceptors (Lipinski definition) is 2. The second-order valence-electron chi connectivity index (χ2n) is 2.79. The van der Waals surface area contributed by atoms with Gasteiger partial charge in [0.15, 0.2) is 0 Å². The van der Waals surface area contributed by atoms with Crippen LogP contribution in [0.4, 0.5) is 0 Å². The fourth-order valence-corrected chi connectivity index (χ4v) is 1.01. The standard InChI is InChI=1S/C13H12O2/c1-2-7-13(14)15-11-6-10-12-8-4-3-5-9-12/h3-6,8-10H,11H2,1H3/b10-6-. The molecule has 0 atom stereocenters. The zero-order valence-electron chi connectivity index (χ0n) is 8.57. The van der Waals surface area contributed by atoms with Gasteiger partial charge in [0.2, 0.25) is 0 Å². The van der Waals surface area contributed by atoms with E-state index in [1.165, 1.54) is 0 Å². The summed E-state index contributed by atoms with van der Waals surface area (Å²) in [7, 11) is 0. The SMILES string of the molecule is CC#CC(=O)OC/C=C\c1ccccc1. The average molecular weight is 200 g/mol. The van der Waals surface area contributed by atoms with Crippen molar-refractivity contribution in [2.45, 2.75) is 6.92 Å². The molecule has 0 aliphatic rings. The molecule has 0 spiro atoms. The Hall–Kier alpha value is -2.01. The lowest BCUT2D eigenvalue weighted by Gasteiger charge is -1.94. The summed E-state index contributed by atoms with van der Waals surface area (Å²) in [5.41, 5.74) is 1.08. The second-order valence-corrected chi connectivity index (χ2v) is 2.79. The highest BCUT2D eigenvalue weighted by Gasteiger charge is 1.91. The molecule has 0 saturated heterocycles. The van der Waals surface area contributed by atoms with E-state index in [0.717, 1.165) is 5.56 Å². The number of rotatable bonds is 3. The van der Waals surface area contributed by atoms with Crippen LogP contribution in [-0.4, -0.2) is 12.6 Å². The predicted molar refractivity (Wildman–Crippen MR) is 59.9 cm³/mol. The number of hydrogen-bond donors (Lipinski definition) is 0. The average Bonchev–Trinajstić information content (AvgIpc) is 2.26. The summed E-state index contributed by atoms with van der Waals surface area (Å²) in [5.74, 6) is 4.29. The zero-order chi connectivity index (χ0) is 10.9. The molecule has 0 fully saturated rings. The summed E-state index contributed by atoms with van der Waals surface area (Å²) >= 11 is 0. The summed E-state index contributed by atoms with van der Waals surface area (Å²) in [5, 5.41) is 0. The molecule has 0 N–H and O–H groups in total. The van der Waals surface area contributed by atoms with Gasteiger partial charge in [0, 0.05) is 5.92 Å². The van der Waals surface area contributed by atoms with Crippen molar-refractivity contribution in [3.8, 4) is 11.8 Å². The maximum absolute atomic E-state index is 10.8. The molecule has 0 aliphatic heterocycles. The van der Waals surface area contributed by atoms with E-state index >= 15 is 0 Å². The van der Waals surface area contributed by atoms with Crippen LogP contribution in [0.1, 0.15) is 12.5 Å². The lowest BCUT2D eigenvalue weighted by Crippen LogP contribution is -2.00. The molecule has 2 nitrogen and oxygen atoms in total. The van der Waals surface area contributed by atoms with Crippen molar-refractivity contribution in [2.24, 2.45) is 0 Å². The van der Waals surface area contributed by atoms with Gasteiger partial charge in [-0.25, -0.2) is 4.79 Å². The third kappa shape index (κ3) is 4.68. The van der Waals surface area contributed by atoms with Crippen molar-refractivity contribution in [3.63, 3.8) is 0 Å². The molecule has 0 heterocycles. The molecule has 0 radical (unpaired) electrons. The minimum atomic E-state index is -0.491. The third-order valence-electron chi connectivity index (χ3n) is 1.65. The number of ether oxygens (including phenoxy) is 1. The summed E-state index contributed by atoms with van der Waals surface area (Å²) in [6, 6.07) is 9.81. The largest absolute Gasteiger partial charge is 0.452 e. The van der Waals surface area contributed by atoms with Gasteiger partial charge in [-0.3, -0.25) is 0 Å². The van der Waals surface area contributed by atoms with Gasteiger partial charge in [-0.2, -0.15) is 0 Å². The van der Waals surface area contributed by atoms with E-state index < -0.39 is 5.97 Å². The molecule has 0 aromatic heterocycles. The van der Waals surface area contributed by atoms with Gasteiger partial charge in [0.25, 0.3) is 0 Å². The molecule has 0 aliphatic carbocycles. The first-order valence-corrected chi connectivity index (χ1v) is 4.64. The van der Waals surface area contributed by atoms with Crippen LogP contribution in [-0.2, 0) is 9.53 Å².